The van der Waals surface area contributed by atoms with Crippen molar-refractivity contribution in [2.75, 3.05) is 32.8 Å². The molecule has 144 valence electrons. The van der Waals surface area contributed by atoms with Gasteiger partial charge in [0.05, 0.1) is 13.2 Å². The molecule has 0 radical (unpaired) electrons. The second-order valence-corrected chi connectivity index (χ2v) is 7.31. The van der Waals surface area contributed by atoms with E-state index in [1.165, 1.54) is 6.42 Å². The van der Waals surface area contributed by atoms with Gasteiger partial charge in [-0.15, -0.1) is 5.10 Å². The lowest BCUT2D eigenvalue weighted by molar-refractivity contribution is -0.136. The molecule has 1 aliphatic carbocycles. The van der Waals surface area contributed by atoms with Crippen molar-refractivity contribution in [3.63, 3.8) is 0 Å². The molecule has 1 aromatic rings. The Morgan fingerprint density at radius 3 is 2.38 bits per heavy atom. The predicted molar refractivity (Wildman–Crippen MR) is 93.1 cm³/mol. The quantitative estimate of drug-likeness (QED) is 0.782. The molecule has 0 N–H and O–H groups in total. The standard InChI is InChI=1S/C17H28N6O3/c1-2-26-16(25)22-10-8-21(9-11-22)15(24)12-17(6-4-3-5-7-17)13-23-14-18-19-20-23/h14H,2-13H2,1H3. The molecule has 9 nitrogen and oxygen atoms in total. The molecule has 1 aromatic heterocycles. The Bertz CT molecular complexity index is 592. The third-order valence-electron chi connectivity index (χ3n) is 5.49. The molecule has 1 saturated carbocycles. The minimum absolute atomic E-state index is 0.0665. The molecular formula is C17H28N6O3. The molecular weight excluding hydrogens is 336 g/mol. The number of piperazine rings is 1. The number of amides is 2. The Hall–Kier alpha value is -2.19. The molecule has 2 fully saturated rings. The van der Waals surface area contributed by atoms with Crippen LogP contribution >= 0.6 is 0 Å². The van der Waals surface area contributed by atoms with Crippen molar-refractivity contribution < 1.29 is 14.3 Å². The minimum Gasteiger partial charge on any atom is -0.450 e. The van der Waals surface area contributed by atoms with Crippen LogP contribution in [0.25, 0.3) is 0 Å². The number of ether oxygens (including phenoxy) is 1. The zero-order chi connectivity index (χ0) is 18.4. The van der Waals surface area contributed by atoms with E-state index in [9.17, 15) is 9.59 Å². The molecule has 2 heterocycles. The van der Waals surface area contributed by atoms with Gasteiger partial charge in [-0.25, -0.2) is 9.48 Å². The van der Waals surface area contributed by atoms with E-state index in [0.717, 1.165) is 25.7 Å². The normalized spacial score (nSPS) is 20.0. The van der Waals surface area contributed by atoms with E-state index in [-0.39, 0.29) is 17.4 Å². The average Bonchev–Trinajstić information content (AvgIpc) is 3.15. The molecule has 0 unspecified atom stereocenters. The fourth-order valence-corrected chi connectivity index (χ4v) is 4.07. The number of rotatable bonds is 5. The van der Waals surface area contributed by atoms with Crippen LogP contribution in [0, 0.1) is 5.41 Å². The number of tetrazole rings is 1. The van der Waals surface area contributed by atoms with Crippen LogP contribution in [0.3, 0.4) is 0 Å². The molecule has 0 atom stereocenters. The summed E-state index contributed by atoms with van der Waals surface area (Å²) in [7, 11) is 0. The monoisotopic (exact) mass is 364 g/mol. The van der Waals surface area contributed by atoms with Gasteiger partial charge >= 0.3 is 6.09 Å². The van der Waals surface area contributed by atoms with E-state index in [1.54, 1.807) is 22.8 Å². The molecule has 26 heavy (non-hydrogen) atoms. The predicted octanol–water partition coefficient (Wildman–Crippen LogP) is 1.31. The Balaban J connectivity index is 1.57. The summed E-state index contributed by atoms with van der Waals surface area (Å²) in [6.45, 7) is 5.06. The highest BCUT2D eigenvalue weighted by atomic mass is 16.6. The Labute approximate surface area is 153 Å². The Morgan fingerprint density at radius 2 is 1.77 bits per heavy atom. The van der Waals surface area contributed by atoms with Gasteiger partial charge in [0.25, 0.3) is 0 Å². The van der Waals surface area contributed by atoms with E-state index >= 15 is 0 Å². The summed E-state index contributed by atoms with van der Waals surface area (Å²) >= 11 is 0. The first-order chi connectivity index (χ1) is 12.6. The van der Waals surface area contributed by atoms with Crippen molar-refractivity contribution >= 4 is 12.0 Å². The summed E-state index contributed by atoms with van der Waals surface area (Å²) in [4.78, 5) is 28.3. The minimum atomic E-state index is -0.290. The van der Waals surface area contributed by atoms with Crippen molar-refractivity contribution in [3.8, 4) is 0 Å². The van der Waals surface area contributed by atoms with Gasteiger partial charge in [-0.2, -0.15) is 0 Å². The first kappa shape index (κ1) is 18.6. The van der Waals surface area contributed by atoms with Crippen LogP contribution in [0.5, 0.6) is 0 Å². The maximum Gasteiger partial charge on any atom is 0.409 e. The van der Waals surface area contributed by atoms with Crippen molar-refractivity contribution in [3.05, 3.63) is 6.33 Å². The van der Waals surface area contributed by atoms with Crippen LogP contribution < -0.4 is 0 Å². The van der Waals surface area contributed by atoms with Crippen LogP contribution in [0.15, 0.2) is 6.33 Å². The average molecular weight is 364 g/mol. The van der Waals surface area contributed by atoms with Gasteiger partial charge in [0.1, 0.15) is 6.33 Å². The molecule has 1 aliphatic heterocycles. The van der Waals surface area contributed by atoms with Gasteiger partial charge in [0, 0.05) is 32.6 Å². The Morgan fingerprint density at radius 1 is 1.08 bits per heavy atom. The SMILES string of the molecule is CCOC(=O)N1CCN(C(=O)CC2(Cn3cnnn3)CCCCC2)CC1. The van der Waals surface area contributed by atoms with Crippen LogP contribution in [-0.2, 0) is 16.1 Å². The number of carbonyl (C=O) groups excluding carboxylic acids is 2. The van der Waals surface area contributed by atoms with Crippen LogP contribution in [0.4, 0.5) is 4.79 Å². The molecule has 0 aromatic carbocycles. The van der Waals surface area contributed by atoms with E-state index < -0.39 is 0 Å². The molecule has 0 bridgehead atoms. The Kier molecular flexibility index (Phi) is 6.05. The van der Waals surface area contributed by atoms with Gasteiger partial charge in [0.15, 0.2) is 0 Å². The molecule has 3 rings (SSSR count). The van der Waals surface area contributed by atoms with Crippen molar-refractivity contribution in [1.29, 1.82) is 0 Å². The number of hydrogen-bond acceptors (Lipinski definition) is 6. The van der Waals surface area contributed by atoms with E-state index in [2.05, 4.69) is 15.5 Å². The lowest BCUT2D eigenvalue weighted by Crippen LogP contribution is -2.51. The van der Waals surface area contributed by atoms with Crippen LogP contribution in [-0.4, -0.2) is 74.8 Å². The summed E-state index contributed by atoms with van der Waals surface area (Å²) in [6.07, 6.45) is 7.43. The van der Waals surface area contributed by atoms with Crippen LogP contribution in [0.1, 0.15) is 45.4 Å². The fraction of sp³-hybridized carbons (Fsp3) is 0.824. The van der Waals surface area contributed by atoms with Gasteiger partial charge in [-0.3, -0.25) is 4.79 Å². The topological polar surface area (TPSA) is 93.5 Å². The fourth-order valence-electron chi connectivity index (χ4n) is 4.07. The zero-order valence-corrected chi connectivity index (χ0v) is 15.5. The van der Waals surface area contributed by atoms with Crippen molar-refractivity contribution in [2.45, 2.75) is 52.0 Å². The summed E-state index contributed by atoms with van der Waals surface area (Å²) < 4.78 is 6.78. The molecule has 2 aliphatic rings. The number of hydrogen-bond donors (Lipinski definition) is 0. The van der Waals surface area contributed by atoms with Gasteiger partial charge in [0.2, 0.25) is 5.91 Å². The number of aromatic nitrogens is 4. The maximum atomic E-state index is 12.9. The van der Waals surface area contributed by atoms with Gasteiger partial charge in [-0.05, 0) is 35.6 Å². The second kappa shape index (κ2) is 8.46. The van der Waals surface area contributed by atoms with E-state index in [1.807, 2.05) is 4.90 Å². The largest absolute Gasteiger partial charge is 0.450 e. The first-order valence-electron chi connectivity index (χ1n) is 9.52. The lowest BCUT2D eigenvalue weighted by Gasteiger charge is -2.40. The molecule has 2 amide bonds. The highest BCUT2D eigenvalue weighted by molar-refractivity contribution is 5.77. The molecule has 1 saturated heterocycles. The second-order valence-electron chi connectivity index (χ2n) is 7.31. The maximum absolute atomic E-state index is 12.9. The molecule has 0 spiro atoms. The smallest absolute Gasteiger partial charge is 0.409 e. The molecule has 9 heteroatoms. The zero-order valence-electron chi connectivity index (χ0n) is 15.5. The third kappa shape index (κ3) is 4.50. The third-order valence-corrected chi connectivity index (χ3v) is 5.49. The number of nitrogens with zero attached hydrogens (tertiary/aromatic N) is 6. The summed E-state index contributed by atoms with van der Waals surface area (Å²) in [5.74, 6) is 0.170. The van der Waals surface area contributed by atoms with Gasteiger partial charge in [-0.1, -0.05) is 19.3 Å². The first-order valence-corrected chi connectivity index (χ1v) is 9.52. The van der Waals surface area contributed by atoms with Gasteiger partial charge < -0.3 is 14.5 Å². The summed E-state index contributed by atoms with van der Waals surface area (Å²) in [5, 5.41) is 11.4. The lowest BCUT2D eigenvalue weighted by atomic mass is 9.71. The van der Waals surface area contributed by atoms with Crippen LogP contribution in [0.2, 0.25) is 0 Å². The highest BCUT2D eigenvalue weighted by Crippen LogP contribution is 2.41. The highest BCUT2D eigenvalue weighted by Gasteiger charge is 2.37. The van der Waals surface area contributed by atoms with E-state index in [0.29, 0.717) is 45.8 Å². The van der Waals surface area contributed by atoms with E-state index in [4.69, 9.17) is 4.74 Å². The summed E-state index contributed by atoms with van der Waals surface area (Å²) in [6, 6.07) is 0. The number of carbonyl (C=O) groups is 2. The summed E-state index contributed by atoms with van der Waals surface area (Å²) in [5.41, 5.74) is -0.0665. The van der Waals surface area contributed by atoms with Crippen molar-refractivity contribution in [1.82, 2.24) is 30.0 Å². The van der Waals surface area contributed by atoms with Crippen molar-refractivity contribution in [2.24, 2.45) is 5.41 Å².